The molecule has 1 N–H and O–H groups in total. The summed E-state index contributed by atoms with van der Waals surface area (Å²) in [6.07, 6.45) is 5.52. The summed E-state index contributed by atoms with van der Waals surface area (Å²) in [4.78, 5) is 13.8. The maximum absolute atomic E-state index is 11.1. The minimum Gasteiger partial charge on any atom is -0.469 e. The van der Waals surface area contributed by atoms with E-state index < -0.39 is 0 Å². The lowest BCUT2D eigenvalue weighted by Crippen LogP contribution is -2.58. The van der Waals surface area contributed by atoms with Gasteiger partial charge in [0.25, 0.3) is 0 Å². The highest BCUT2D eigenvalue weighted by Gasteiger charge is 2.39. The van der Waals surface area contributed by atoms with Gasteiger partial charge in [-0.05, 0) is 51.5 Å². The smallest absolute Gasteiger partial charge is 0.305 e. The Balaban J connectivity index is 1.78. The summed E-state index contributed by atoms with van der Waals surface area (Å²) < 4.78 is 4.68. The number of carbonyl (C=O) groups is 1. The van der Waals surface area contributed by atoms with E-state index >= 15 is 0 Å². The molecule has 1 saturated heterocycles. The molecule has 2 bridgehead atoms. The number of likely N-dealkylation sites (tertiary alicyclic amines) is 1. The number of nitrogens with one attached hydrogen (secondary N) is 1. The van der Waals surface area contributed by atoms with Gasteiger partial charge in [0.15, 0.2) is 0 Å². The lowest BCUT2D eigenvalue weighted by Gasteiger charge is -2.49. The van der Waals surface area contributed by atoms with E-state index in [1.807, 2.05) is 0 Å². The quantitative estimate of drug-likeness (QED) is 0.598. The lowest BCUT2D eigenvalue weighted by atomic mass is 9.73. The predicted octanol–water partition coefficient (Wildman–Crippen LogP) is 2.04. The van der Waals surface area contributed by atoms with Gasteiger partial charge in [0.05, 0.1) is 7.11 Å². The third kappa shape index (κ3) is 3.95. The van der Waals surface area contributed by atoms with Crippen LogP contribution in [-0.4, -0.2) is 49.7 Å². The van der Waals surface area contributed by atoms with E-state index in [1.165, 1.54) is 39.5 Å². The molecule has 1 aliphatic carbocycles. The predicted molar refractivity (Wildman–Crippen MR) is 80.6 cm³/mol. The van der Waals surface area contributed by atoms with Crippen LogP contribution in [0.4, 0.5) is 0 Å². The van der Waals surface area contributed by atoms with Crippen molar-refractivity contribution in [3.05, 3.63) is 0 Å². The molecule has 20 heavy (non-hydrogen) atoms. The molecule has 1 aliphatic heterocycles. The Morgan fingerprint density at radius 1 is 1.30 bits per heavy atom. The van der Waals surface area contributed by atoms with Gasteiger partial charge in [0, 0.05) is 31.6 Å². The molecular formula is C16H30N2O2. The maximum Gasteiger partial charge on any atom is 0.305 e. The molecule has 2 unspecified atom stereocenters. The number of hydrogen-bond donors (Lipinski definition) is 1. The normalized spacial score (nSPS) is 30.5. The number of ether oxygens (including phenoxy) is 1. The average molecular weight is 282 g/mol. The number of fused-ring (bicyclic) bond motifs is 2. The minimum absolute atomic E-state index is 0.0957. The van der Waals surface area contributed by atoms with E-state index in [9.17, 15) is 4.79 Å². The average Bonchev–Trinajstić information content (AvgIpc) is 2.42. The maximum atomic E-state index is 11.1. The highest BCUT2D eigenvalue weighted by Crippen LogP contribution is 2.35. The molecule has 0 aromatic heterocycles. The van der Waals surface area contributed by atoms with Crippen LogP contribution >= 0.6 is 0 Å². The van der Waals surface area contributed by atoms with Crippen LogP contribution in [0.1, 0.15) is 46.0 Å². The fourth-order valence-corrected chi connectivity index (χ4v) is 3.83. The van der Waals surface area contributed by atoms with Gasteiger partial charge in [-0.3, -0.25) is 4.79 Å². The fraction of sp³-hybridized carbons (Fsp3) is 0.938. The Labute approximate surface area is 123 Å². The summed E-state index contributed by atoms with van der Waals surface area (Å²) in [5.74, 6) is 1.49. The Hall–Kier alpha value is -0.610. The monoisotopic (exact) mass is 282 g/mol. The first-order valence-electron chi connectivity index (χ1n) is 8.16. The number of carbonyl (C=O) groups excluding carboxylic acids is 1. The summed E-state index contributed by atoms with van der Waals surface area (Å²) in [6, 6.07) is 1.33. The van der Waals surface area contributed by atoms with Crippen molar-refractivity contribution in [3.63, 3.8) is 0 Å². The fourth-order valence-electron chi connectivity index (χ4n) is 3.83. The third-order valence-corrected chi connectivity index (χ3v) is 5.00. The van der Waals surface area contributed by atoms with Crippen molar-refractivity contribution < 1.29 is 9.53 Å². The van der Waals surface area contributed by atoms with E-state index in [1.54, 1.807) is 0 Å². The molecule has 4 nitrogen and oxygen atoms in total. The Morgan fingerprint density at radius 2 is 1.95 bits per heavy atom. The van der Waals surface area contributed by atoms with Crippen LogP contribution in [0.5, 0.6) is 0 Å². The highest BCUT2D eigenvalue weighted by molar-refractivity contribution is 5.69. The van der Waals surface area contributed by atoms with E-state index in [-0.39, 0.29) is 5.97 Å². The molecule has 4 heteroatoms. The second-order valence-electron chi connectivity index (χ2n) is 6.66. The van der Waals surface area contributed by atoms with E-state index in [0.717, 1.165) is 24.8 Å². The molecule has 116 valence electrons. The second kappa shape index (κ2) is 7.41. The van der Waals surface area contributed by atoms with Crippen molar-refractivity contribution in [1.29, 1.82) is 0 Å². The van der Waals surface area contributed by atoms with Gasteiger partial charge < -0.3 is 15.0 Å². The summed E-state index contributed by atoms with van der Waals surface area (Å²) >= 11 is 0. The molecule has 0 aromatic carbocycles. The van der Waals surface area contributed by atoms with Crippen LogP contribution in [0.15, 0.2) is 0 Å². The Bertz CT molecular complexity index is 306. The van der Waals surface area contributed by atoms with E-state index in [0.29, 0.717) is 18.5 Å². The zero-order valence-corrected chi connectivity index (χ0v) is 13.2. The van der Waals surface area contributed by atoms with Gasteiger partial charge in [0.1, 0.15) is 0 Å². The third-order valence-electron chi connectivity index (χ3n) is 5.00. The summed E-state index contributed by atoms with van der Waals surface area (Å²) in [5, 5.41) is 3.73. The van der Waals surface area contributed by atoms with Crippen LogP contribution < -0.4 is 5.32 Å². The van der Waals surface area contributed by atoms with Crippen molar-refractivity contribution >= 4 is 5.97 Å². The van der Waals surface area contributed by atoms with E-state index in [4.69, 9.17) is 0 Å². The lowest BCUT2D eigenvalue weighted by molar-refractivity contribution is -0.140. The number of rotatable bonds is 6. The zero-order chi connectivity index (χ0) is 14.5. The first-order valence-corrected chi connectivity index (χ1v) is 8.16. The molecule has 2 atom stereocenters. The van der Waals surface area contributed by atoms with Crippen molar-refractivity contribution in [1.82, 2.24) is 10.2 Å². The first kappa shape index (κ1) is 15.8. The number of methoxy groups -OCH3 is 1. The van der Waals surface area contributed by atoms with Gasteiger partial charge in [-0.25, -0.2) is 0 Å². The minimum atomic E-state index is -0.0957. The number of nitrogens with zero attached hydrogens (tertiary/aromatic N) is 1. The highest BCUT2D eigenvalue weighted by atomic mass is 16.5. The van der Waals surface area contributed by atoms with Crippen LogP contribution in [0.25, 0.3) is 0 Å². The van der Waals surface area contributed by atoms with Crippen molar-refractivity contribution in [2.45, 2.75) is 58.0 Å². The standard InChI is InChI=1S/C16H30N2O2/c1-12(2)18-10-13-6-4-7-14(11-18)16(13)17-9-5-8-15(19)20-3/h12-14,16-17H,4-11H2,1-3H3. The Morgan fingerprint density at radius 3 is 2.50 bits per heavy atom. The van der Waals surface area contributed by atoms with Gasteiger partial charge in [-0.15, -0.1) is 0 Å². The zero-order valence-electron chi connectivity index (χ0n) is 13.2. The Kier molecular flexibility index (Phi) is 5.85. The largest absolute Gasteiger partial charge is 0.469 e. The topological polar surface area (TPSA) is 41.6 Å². The molecule has 0 radical (unpaired) electrons. The molecule has 0 amide bonds. The first-order chi connectivity index (χ1) is 9.61. The summed E-state index contributed by atoms with van der Waals surface area (Å²) in [6.45, 7) is 8.03. The van der Waals surface area contributed by atoms with Crippen molar-refractivity contribution in [2.75, 3.05) is 26.7 Å². The molecule has 1 saturated carbocycles. The van der Waals surface area contributed by atoms with E-state index in [2.05, 4.69) is 28.8 Å². The second-order valence-corrected chi connectivity index (χ2v) is 6.66. The van der Waals surface area contributed by atoms with Gasteiger partial charge in [-0.2, -0.15) is 0 Å². The molecular weight excluding hydrogens is 252 g/mol. The van der Waals surface area contributed by atoms with Crippen LogP contribution in [0.3, 0.4) is 0 Å². The van der Waals surface area contributed by atoms with Crippen molar-refractivity contribution in [3.8, 4) is 0 Å². The van der Waals surface area contributed by atoms with Gasteiger partial charge in [-0.1, -0.05) is 6.42 Å². The van der Waals surface area contributed by atoms with Crippen LogP contribution in [-0.2, 0) is 9.53 Å². The number of piperidine rings is 1. The summed E-state index contributed by atoms with van der Waals surface area (Å²) in [5.41, 5.74) is 0. The summed E-state index contributed by atoms with van der Waals surface area (Å²) in [7, 11) is 1.46. The molecule has 0 spiro atoms. The van der Waals surface area contributed by atoms with Crippen LogP contribution in [0, 0.1) is 11.8 Å². The van der Waals surface area contributed by atoms with Gasteiger partial charge >= 0.3 is 5.97 Å². The number of esters is 1. The molecule has 0 aromatic rings. The van der Waals surface area contributed by atoms with Crippen LogP contribution in [0.2, 0.25) is 0 Å². The van der Waals surface area contributed by atoms with Crippen molar-refractivity contribution in [2.24, 2.45) is 11.8 Å². The molecule has 2 fully saturated rings. The molecule has 1 heterocycles. The number of hydrogen-bond acceptors (Lipinski definition) is 4. The van der Waals surface area contributed by atoms with Gasteiger partial charge in [0.2, 0.25) is 0 Å². The molecule has 2 aliphatic rings. The SMILES string of the molecule is COC(=O)CCCNC1C2CCCC1CN(C(C)C)C2. The molecule has 2 rings (SSSR count).